The van der Waals surface area contributed by atoms with E-state index in [-0.39, 0.29) is 12.6 Å². The smallest absolute Gasteiger partial charge is 0.165 e. The molecular formula is C15H17N3O2. The molecule has 2 aromatic rings. The average molecular weight is 271 g/mol. The third-order valence-electron chi connectivity index (χ3n) is 2.68. The van der Waals surface area contributed by atoms with Gasteiger partial charge in [0.15, 0.2) is 5.82 Å². The van der Waals surface area contributed by atoms with Gasteiger partial charge >= 0.3 is 0 Å². The Kier molecular flexibility index (Phi) is 4.75. The highest BCUT2D eigenvalue weighted by Crippen LogP contribution is 2.18. The predicted molar refractivity (Wildman–Crippen MR) is 75.1 cm³/mol. The molecule has 0 unspecified atom stereocenters. The summed E-state index contributed by atoms with van der Waals surface area (Å²) in [6.07, 6.45) is 1.52. The lowest BCUT2D eigenvalue weighted by atomic mass is 10.2. The van der Waals surface area contributed by atoms with Crippen molar-refractivity contribution in [1.29, 1.82) is 0 Å². The van der Waals surface area contributed by atoms with Gasteiger partial charge in [0.05, 0.1) is 5.56 Å². The molecule has 1 aromatic heterocycles. The molecule has 0 spiro atoms. The van der Waals surface area contributed by atoms with E-state index in [0.717, 1.165) is 11.4 Å². The SMILES string of the molecule is CC(C)n1ncnc1COc1ccccc1C#CCO. The van der Waals surface area contributed by atoms with E-state index in [2.05, 4.69) is 21.9 Å². The van der Waals surface area contributed by atoms with Crippen LogP contribution in [-0.2, 0) is 6.61 Å². The van der Waals surface area contributed by atoms with Crippen molar-refractivity contribution in [2.24, 2.45) is 0 Å². The van der Waals surface area contributed by atoms with Gasteiger partial charge in [0.1, 0.15) is 25.3 Å². The third kappa shape index (κ3) is 3.37. The molecule has 0 amide bonds. The van der Waals surface area contributed by atoms with Gasteiger partial charge < -0.3 is 9.84 Å². The summed E-state index contributed by atoms with van der Waals surface area (Å²) >= 11 is 0. The highest BCUT2D eigenvalue weighted by Gasteiger charge is 2.09. The van der Waals surface area contributed by atoms with Crippen molar-refractivity contribution in [3.63, 3.8) is 0 Å². The minimum Gasteiger partial charge on any atom is -0.484 e. The normalized spacial score (nSPS) is 10.2. The number of rotatable bonds is 4. The summed E-state index contributed by atoms with van der Waals surface area (Å²) in [5, 5.41) is 12.9. The molecule has 0 radical (unpaired) electrons. The maximum absolute atomic E-state index is 8.76. The van der Waals surface area contributed by atoms with Crippen LogP contribution < -0.4 is 4.74 Å². The van der Waals surface area contributed by atoms with Crippen LogP contribution in [0, 0.1) is 11.8 Å². The average Bonchev–Trinajstić information content (AvgIpc) is 2.92. The summed E-state index contributed by atoms with van der Waals surface area (Å²) in [5.41, 5.74) is 0.747. The van der Waals surface area contributed by atoms with Gasteiger partial charge in [0.25, 0.3) is 0 Å². The van der Waals surface area contributed by atoms with E-state index in [1.165, 1.54) is 6.33 Å². The molecule has 5 heteroatoms. The number of nitrogens with zero attached hydrogens (tertiary/aromatic N) is 3. The van der Waals surface area contributed by atoms with Gasteiger partial charge in [0.2, 0.25) is 0 Å². The lowest BCUT2D eigenvalue weighted by Crippen LogP contribution is -2.11. The van der Waals surface area contributed by atoms with Gasteiger partial charge in [-0.05, 0) is 26.0 Å². The molecule has 0 saturated carbocycles. The second-order valence-corrected chi connectivity index (χ2v) is 4.46. The summed E-state index contributed by atoms with van der Waals surface area (Å²) in [6, 6.07) is 7.70. The molecule has 1 N–H and O–H groups in total. The zero-order valence-corrected chi connectivity index (χ0v) is 11.6. The first-order valence-corrected chi connectivity index (χ1v) is 6.42. The molecule has 0 aliphatic heterocycles. The number of ether oxygens (including phenoxy) is 1. The number of aromatic nitrogens is 3. The first-order chi connectivity index (χ1) is 9.72. The Bertz CT molecular complexity index is 623. The molecule has 0 aliphatic rings. The zero-order chi connectivity index (χ0) is 14.4. The predicted octanol–water partition coefficient (Wildman–Crippen LogP) is 1.78. The van der Waals surface area contributed by atoms with Crippen LogP contribution in [-0.4, -0.2) is 26.5 Å². The molecule has 1 heterocycles. The summed E-state index contributed by atoms with van der Waals surface area (Å²) < 4.78 is 7.58. The fourth-order valence-electron chi connectivity index (χ4n) is 1.78. The Hall–Kier alpha value is -2.32. The molecular weight excluding hydrogens is 254 g/mol. The topological polar surface area (TPSA) is 60.2 Å². The molecule has 0 aliphatic carbocycles. The summed E-state index contributed by atoms with van der Waals surface area (Å²) in [6.45, 7) is 4.24. The first kappa shape index (κ1) is 14.1. The minimum absolute atomic E-state index is 0.171. The van der Waals surface area contributed by atoms with Crippen molar-refractivity contribution in [2.75, 3.05) is 6.61 Å². The van der Waals surface area contributed by atoms with Crippen LogP contribution in [0.2, 0.25) is 0 Å². The summed E-state index contributed by atoms with van der Waals surface area (Å²) in [7, 11) is 0. The second-order valence-electron chi connectivity index (χ2n) is 4.46. The molecule has 0 atom stereocenters. The summed E-state index contributed by atoms with van der Waals surface area (Å²) in [4.78, 5) is 4.20. The highest BCUT2D eigenvalue weighted by molar-refractivity contribution is 5.45. The lowest BCUT2D eigenvalue weighted by Gasteiger charge is -2.11. The third-order valence-corrected chi connectivity index (χ3v) is 2.68. The Morgan fingerprint density at radius 3 is 2.90 bits per heavy atom. The van der Waals surface area contributed by atoms with E-state index in [9.17, 15) is 0 Å². The zero-order valence-electron chi connectivity index (χ0n) is 11.6. The quantitative estimate of drug-likeness (QED) is 0.861. The molecule has 1 aromatic carbocycles. The standard InChI is InChI=1S/C15H17N3O2/c1-12(2)18-15(16-11-17-18)10-20-14-8-4-3-6-13(14)7-5-9-19/h3-4,6,8,11-12,19H,9-10H2,1-2H3. The Morgan fingerprint density at radius 1 is 1.35 bits per heavy atom. The Balaban J connectivity index is 2.13. The molecule has 104 valence electrons. The summed E-state index contributed by atoms with van der Waals surface area (Å²) in [5.74, 6) is 6.92. The number of aliphatic hydroxyl groups is 1. The molecule has 5 nitrogen and oxygen atoms in total. The van der Waals surface area contributed by atoms with Gasteiger partial charge in [-0.25, -0.2) is 9.67 Å². The van der Waals surface area contributed by atoms with Crippen LogP contribution >= 0.6 is 0 Å². The van der Waals surface area contributed by atoms with E-state index in [1.54, 1.807) is 0 Å². The maximum Gasteiger partial charge on any atom is 0.165 e. The lowest BCUT2D eigenvalue weighted by molar-refractivity contribution is 0.281. The van der Waals surface area contributed by atoms with Crippen molar-refractivity contribution < 1.29 is 9.84 Å². The van der Waals surface area contributed by atoms with Gasteiger partial charge in [-0.3, -0.25) is 0 Å². The van der Waals surface area contributed by atoms with Crippen molar-refractivity contribution in [2.45, 2.75) is 26.5 Å². The number of hydrogen-bond acceptors (Lipinski definition) is 4. The van der Waals surface area contributed by atoms with Gasteiger partial charge in [-0.1, -0.05) is 24.0 Å². The fraction of sp³-hybridized carbons (Fsp3) is 0.333. The highest BCUT2D eigenvalue weighted by atomic mass is 16.5. The van der Waals surface area contributed by atoms with E-state index >= 15 is 0 Å². The van der Waals surface area contributed by atoms with Crippen LogP contribution in [0.25, 0.3) is 0 Å². The maximum atomic E-state index is 8.76. The molecule has 0 fully saturated rings. The Labute approximate surface area is 118 Å². The van der Waals surface area contributed by atoms with E-state index in [0.29, 0.717) is 12.4 Å². The van der Waals surface area contributed by atoms with Gasteiger partial charge in [0, 0.05) is 6.04 Å². The molecule has 0 saturated heterocycles. The minimum atomic E-state index is -0.171. The van der Waals surface area contributed by atoms with Crippen LogP contribution in [0.5, 0.6) is 5.75 Å². The van der Waals surface area contributed by atoms with E-state index in [4.69, 9.17) is 9.84 Å². The largest absolute Gasteiger partial charge is 0.484 e. The van der Waals surface area contributed by atoms with E-state index in [1.807, 2.05) is 42.8 Å². The second kappa shape index (κ2) is 6.73. The molecule has 0 bridgehead atoms. The number of para-hydroxylation sites is 1. The number of hydrogen-bond donors (Lipinski definition) is 1. The number of benzene rings is 1. The van der Waals surface area contributed by atoms with Crippen LogP contribution in [0.4, 0.5) is 0 Å². The van der Waals surface area contributed by atoms with Gasteiger partial charge in [-0.15, -0.1) is 0 Å². The van der Waals surface area contributed by atoms with Crippen LogP contribution in [0.15, 0.2) is 30.6 Å². The van der Waals surface area contributed by atoms with Crippen LogP contribution in [0.3, 0.4) is 0 Å². The fourth-order valence-corrected chi connectivity index (χ4v) is 1.78. The monoisotopic (exact) mass is 271 g/mol. The van der Waals surface area contributed by atoms with Crippen molar-refractivity contribution in [1.82, 2.24) is 14.8 Å². The van der Waals surface area contributed by atoms with Crippen molar-refractivity contribution in [3.05, 3.63) is 42.0 Å². The molecule has 20 heavy (non-hydrogen) atoms. The molecule has 2 rings (SSSR count). The van der Waals surface area contributed by atoms with E-state index < -0.39 is 0 Å². The number of aliphatic hydroxyl groups excluding tert-OH is 1. The van der Waals surface area contributed by atoms with Crippen LogP contribution in [0.1, 0.15) is 31.3 Å². The first-order valence-electron chi connectivity index (χ1n) is 6.42. The van der Waals surface area contributed by atoms with Gasteiger partial charge in [-0.2, -0.15) is 5.10 Å². The Morgan fingerprint density at radius 2 is 2.15 bits per heavy atom. The van der Waals surface area contributed by atoms with Crippen molar-refractivity contribution in [3.8, 4) is 17.6 Å². The van der Waals surface area contributed by atoms with Crippen molar-refractivity contribution >= 4 is 0 Å².